The summed E-state index contributed by atoms with van der Waals surface area (Å²) >= 11 is 6.07. The molecule has 0 aliphatic heterocycles. The molecule has 3 nitrogen and oxygen atoms in total. The molecule has 3 aromatic rings. The normalized spacial score (nSPS) is 10.5. The van der Waals surface area contributed by atoms with Gasteiger partial charge < -0.3 is 4.57 Å². The molecule has 104 valence electrons. The molecule has 21 heavy (non-hydrogen) atoms. The zero-order chi connectivity index (χ0) is 14.7. The fourth-order valence-corrected chi connectivity index (χ4v) is 2.45. The number of aromatic nitrogens is 2. The van der Waals surface area contributed by atoms with Crippen molar-refractivity contribution < 1.29 is 4.79 Å². The van der Waals surface area contributed by atoms with Crippen LogP contribution in [0.4, 0.5) is 0 Å². The maximum absolute atomic E-state index is 12.4. The molecule has 0 unspecified atom stereocenters. The third kappa shape index (κ3) is 2.88. The fourth-order valence-electron chi connectivity index (χ4n) is 2.21. The van der Waals surface area contributed by atoms with E-state index in [4.69, 9.17) is 11.6 Å². The number of halogens is 1. The van der Waals surface area contributed by atoms with Crippen LogP contribution in [0.5, 0.6) is 0 Å². The van der Waals surface area contributed by atoms with Gasteiger partial charge in [-0.2, -0.15) is 0 Å². The third-order valence-corrected chi connectivity index (χ3v) is 3.57. The summed E-state index contributed by atoms with van der Waals surface area (Å²) in [6.07, 6.45) is 3.50. The van der Waals surface area contributed by atoms with Crippen molar-refractivity contribution in [3.63, 3.8) is 0 Å². The molecule has 0 aliphatic carbocycles. The highest BCUT2D eigenvalue weighted by atomic mass is 35.5. The van der Waals surface area contributed by atoms with Crippen molar-refractivity contribution in [3.05, 3.63) is 77.6 Å². The van der Waals surface area contributed by atoms with Gasteiger partial charge in [0.05, 0.1) is 11.6 Å². The van der Waals surface area contributed by atoms with Crippen LogP contribution in [-0.2, 0) is 6.54 Å². The summed E-state index contributed by atoms with van der Waals surface area (Å²) in [6.45, 7) is 0.216. The van der Waals surface area contributed by atoms with Gasteiger partial charge in [-0.05, 0) is 12.1 Å². The van der Waals surface area contributed by atoms with E-state index < -0.39 is 0 Å². The lowest BCUT2D eigenvalue weighted by Gasteiger charge is -2.08. The molecule has 4 heteroatoms. The van der Waals surface area contributed by atoms with Crippen LogP contribution in [0, 0.1) is 0 Å². The van der Waals surface area contributed by atoms with E-state index in [1.807, 2.05) is 47.0 Å². The Morgan fingerprint density at radius 2 is 1.76 bits per heavy atom. The van der Waals surface area contributed by atoms with Crippen molar-refractivity contribution in [2.24, 2.45) is 0 Å². The Balaban J connectivity index is 1.89. The van der Waals surface area contributed by atoms with Gasteiger partial charge in [-0.1, -0.05) is 54.1 Å². The van der Waals surface area contributed by atoms with Gasteiger partial charge in [0, 0.05) is 23.5 Å². The quantitative estimate of drug-likeness (QED) is 0.680. The van der Waals surface area contributed by atoms with E-state index in [1.54, 1.807) is 24.5 Å². The molecule has 0 atom stereocenters. The highest BCUT2D eigenvalue weighted by Crippen LogP contribution is 2.19. The van der Waals surface area contributed by atoms with Gasteiger partial charge in [0.25, 0.3) is 0 Å². The van der Waals surface area contributed by atoms with Crippen LogP contribution in [0.25, 0.3) is 11.4 Å². The Morgan fingerprint density at radius 1 is 1.05 bits per heavy atom. The van der Waals surface area contributed by atoms with E-state index in [2.05, 4.69) is 4.98 Å². The van der Waals surface area contributed by atoms with Gasteiger partial charge in [0.15, 0.2) is 5.78 Å². The predicted molar refractivity (Wildman–Crippen MR) is 83.4 cm³/mol. The summed E-state index contributed by atoms with van der Waals surface area (Å²) in [4.78, 5) is 16.7. The maximum atomic E-state index is 12.4. The van der Waals surface area contributed by atoms with Crippen molar-refractivity contribution in [1.82, 2.24) is 9.55 Å². The van der Waals surface area contributed by atoms with Crippen LogP contribution in [0.1, 0.15) is 10.4 Å². The number of rotatable bonds is 4. The minimum absolute atomic E-state index is 0.0317. The molecule has 0 bridgehead atoms. The first-order valence-corrected chi connectivity index (χ1v) is 6.98. The Labute approximate surface area is 127 Å². The van der Waals surface area contributed by atoms with Crippen LogP contribution in [0.3, 0.4) is 0 Å². The first-order valence-electron chi connectivity index (χ1n) is 6.60. The van der Waals surface area contributed by atoms with E-state index >= 15 is 0 Å². The minimum atomic E-state index is -0.0317. The number of nitrogens with zero attached hydrogens (tertiary/aromatic N) is 2. The van der Waals surface area contributed by atoms with E-state index in [9.17, 15) is 4.79 Å². The highest BCUT2D eigenvalue weighted by molar-refractivity contribution is 6.33. The second-order valence-electron chi connectivity index (χ2n) is 4.65. The smallest absolute Gasteiger partial charge is 0.184 e. The van der Waals surface area contributed by atoms with Crippen LogP contribution >= 0.6 is 11.6 Å². The van der Waals surface area contributed by atoms with Crippen molar-refractivity contribution in [3.8, 4) is 11.4 Å². The van der Waals surface area contributed by atoms with Gasteiger partial charge in [0.1, 0.15) is 5.82 Å². The summed E-state index contributed by atoms with van der Waals surface area (Å²) in [5, 5.41) is 0.476. The fraction of sp³-hybridized carbons (Fsp3) is 0.0588. The summed E-state index contributed by atoms with van der Waals surface area (Å²) in [5.74, 6) is 0.742. The highest BCUT2D eigenvalue weighted by Gasteiger charge is 2.13. The van der Waals surface area contributed by atoms with Gasteiger partial charge in [-0.15, -0.1) is 0 Å². The monoisotopic (exact) mass is 296 g/mol. The predicted octanol–water partition coefficient (Wildman–Crippen LogP) is 4.09. The number of hydrogen-bond acceptors (Lipinski definition) is 2. The van der Waals surface area contributed by atoms with Crippen LogP contribution in [0.2, 0.25) is 5.02 Å². The molecule has 0 N–H and O–H groups in total. The third-order valence-electron chi connectivity index (χ3n) is 3.24. The Morgan fingerprint density at radius 3 is 2.52 bits per heavy atom. The molecule has 0 spiro atoms. The lowest BCUT2D eigenvalue weighted by atomic mass is 10.1. The Hall–Kier alpha value is -2.39. The molecule has 0 saturated carbocycles. The Bertz CT molecular complexity index is 765. The lowest BCUT2D eigenvalue weighted by Crippen LogP contribution is -2.11. The first kappa shape index (κ1) is 13.6. The number of benzene rings is 2. The molecule has 1 aromatic heterocycles. The molecule has 3 rings (SSSR count). The average Bonchev–Trinajstić information content (AvgIpc) is 2.96. The van der Waals surface area contributed by atoms with E-state index in [0.29, 0.717) is 10.6 Å². The van der Waals surface area contributed by atoms with Crippen LogP contribution in [-0.4, -0.2) is 15.3 Å². The molecule has 0 saturated heterocycles. The molecule has 0 radical (unpaired) electrons. The van der Waals surface area contributed by atoms with Crippen molar-refractivity contribution in [2.45, 2.75) is 6.54 Å². The molecular weight excluding hydrogens is 284 g/mol. The summed E-state index contributed by atoms with van der Waals surface area (Å²) in [5.41, 5.74) is 1.52. The SMILES string of the molecule is O=C(Cn1ccnc1-c1ccccc1)c1ccccc1Cl. The van der Waals surface area contributed by atoms with Crippen molar-refractivity contribution >= 4 is 17.4 Å². The molecule has 0 aliphatic rings. The zero-order valence-electron chi connectivity index (χ0n) is 11.2. The standard InChI is InChI=1S/C17H13ClN2O/c18-15-9-5-4-8-14(15)16(21)12-20-11-10-19-17(20)13-6-2-1-3-7-13/h1-11H,12H2. The molecule has 0 amide bonds. The molecule has 2 aromatic carbocycles. The molecular formula is C17H13ClN2O. The Kier molecular flexibility index (Phi) is 3.84. The van der Waals surface area contributed by atoms with Gasteiger partial charge >= 0.3 is 0 Å². The van der Waals surface area contributed by atoms with E-state index in [1.165, 1.54) is 0 Å². The summed E-state index contributed by atoms with van der Waals surface area (Å²) in [7, 11) is 0. The lowest BCUT2D eigenvalue weighted by molar-refractivity contribution is 0.0973. The topological polar surface area (TPSA) is 34.9 Å². The second kappa shape index (κ2) is 5.94. The van der Waals surface area contributed by atoms with E-state index in [-0.39, 0.29) is 12.3 Å². The first-order chi connectivity index (χ1) is 10.3. The average molecular weight is 297 g/mol. The number of hydrogen-bond donors (Lipinski definition) is 0. The van der Waals surface area contributed by atoms with Gasteiger partial charge in [0.2, 0.25) is 0 Å². The summed E-state index contributed by atoms with van der Waals surface area (Å²) < 4.78 is 1.83. The molecule has 1 heterocycles. The number of ketones is 1. The molecule has 0 fully saturated rings. The largest absolute Gasteiger partial charge is 0.323 e. The number of imidazole rings is 1. The number of carbonyl (C=O) groups excluding carboxylic acids is 1. The van der Waals surface area contributed by atoms with Gasteiger partial charge in [-0.25, -0.2) is 4.98 Å². The number of Topliss-reactive ketones (excluding diaryl/α,β-unsaturated/α-hetero) is 1. The summed E-state index contributed by atoms with van der Waals surface area (Å²) in [6, 6.07) is 16.9. The zero-order valence-corrected chi connectivity index (χ0v) is 12.0. The van der Waals surface area contributed by atoms with Crippen molar-refractivity contribution in [2.75, 3.05) is 0 Å². The van der Waals surface area contributed by atoms with Crippen LogP contribution in [0.15, 0.2) is 67.0 Å². The second-order valence-corrected chi connectivity index (χ2v) is 5.05. The van der Waals surface area contributed by atoms with Crippen molar-refractivity contribution in [1.29, 1.82) is 0 Å². The maximum Gasteiger partial charge on any atom is 0.184 e. The van der Waals surface area contributed by atoms with Crippen LogP contribution < -0.4 is 0 Å². The minimum Gasteiger partial charge on any atom is -0.323 e. The van der Waals surface area contributed by atoms with E-state index in [0.717, 1.165) is 11.4 Å². The number of carbonyl (C=O) groups is 1. The van der Waals surface area contributed by atoms with Gasteiger partial charge in [-0.3, -0.25) is 4.79 Å².